The number of amides is 1. The van der Waals surface area contributed by atoms with Crippen LogP contribution >= 0.6 is 0 Å². The van der Waals surface area contributed by atoms with Crippen molar-refractivity contribution in [3.8, 4) is 0 Å². The molecular formula is C18H21N5O3. The van der Waals surface area contributed by atoms with Crippen LogP contribution in [0, 0.1) is 0 Å². The lowest BCUT2D eigenvalue weighted by Gasteiger charge is -2.29. The number of aromatic nitrogens is 4. The fourth-order valence-corrected chi connectivity index (χ4v) is 3.50. The minimum Gasteiger partial charge on any atom is -0.393 e. The zero-order chi connectivity index (χ0) is 18.3. The Bertz CT molecular complexity index is 1030. The summed E-state index contributed by atoms with van der Waals surface area (Å²) in [7, 11) is 0. The number of aromatic amines is 1. The highest BCUT2D eigenvalue weighted by molar-refractivity contribution is 5.97. The number of fused-ring (bicyclic) bond motifs is 3. The second kappa shape index (κ2) is 6.53. The van der Waals surface area contributed by atoms with E-state index in [1.165, 1.54) is 0 Å². The number of nitrogens with zero attached hydrogens (tertiary/aromatic N) is 4. The Morgan fingerprint density at radius 1 is 1.31 bits per heavy atom. The summed E-state index contributed by atoms with van der Waals surface area (Å²) in [6, 6.07) is 5.30. The van der Waals surface area contributed by atoms with Gasteiger partial charge in [0.2, 0.25) is 5.65 Å². The zero-order valence-corrected chi connectivity index (χ0v) is 14.6. The Kier molecular flexibility index (Phi) is 4.20. The predicted octanol–water partition coefficient (Wildman–Crippen LogP) is 1.12. The van der Waals surface area contributed by atoms with Gasteiger partial charge in [0.25, 0.3) is 11.5 Å². The summed E-state index contributed by atoms with van der Waals surface area (Å²) in [5.41, 5.74) is 1.83. The van der Waals surface area contributed by atoms with Crippen molar-refractivity contribution < 1.29 is 9.90 Å². The molecule has 136 valence electrons. The van der Waals surface area contributed by atoms with E-state index in [2.05, 4.69) is 15.2 Å². The van der Waals surface area contributed by atoms with E-state index in [9.17, 15) is 14.7 Å². The van der Waals surface area contributed by atoms with Gasteiger partial charge >= 0.3 is 0 Å². The average Bonchev–Trinajstić information content (AvgIpc) is 3.06. The molecular weight excluding hydrogens is 334 g/mol. The SMILES string of the molecule is CCCc1nnc2c(=O)[nH]c3cc(C(=O)N4CCC(O)CC4)ccc3n12. The van der Waals surface area contributed by atoms with Gasteiger partial charge in [-0.25, -0.2) is 0 Å². The van der Waals surface area contributed by atoms with Crippen LogP contribution in [-0.4, -0.2) is 54.7 Å². The van der Waals surface area contributed by atoms with E-state index in [-0.39, 0.29) is 23.2 Å². The predicted molar refractivity (Wildman–Crippen MR) is 96.3 cm³/mol. The third-order valence-corrected chi connectivity index (χ3v) is 4.89. The van der Waals surface area contributed by atoms with Crippen molar-refractivity contribution in [2.45, 2.75) is 38.7 Å². The number of aliphatic hydroxyl groups excluding tert-OH is 1. The molecule has 0 radical (unpaired) electrons. The Morgan fingerprint density at radius 2 is 2.08 bits per heavy atom. The second-order valence-corrected chi connectivity index (χ2v) is 6.73. The number of benzene rings is 1. The number of carbonyl (C=O) groups excluding carboxylic acids is 1. The number of aliphatic hydroxyl groups is 1. The molecule has 2 aromatic heterocycles. The van der Waals surface area contributed by atoms with Crippen LogP contribution in [0.1, 0.15) is 42.4 Å². The average molecular weight is 355 g/mol. The van der Waals surface area contributed by atoms with Crippen LogP contribution in [-0.2, 0) is 6.42 Å². The molecule has 0 aliphatic carbocycles. The molecule has 1 fully saturated rings. The van der Waals surface area contributed by atoms with Crippen LogP contribution in [0.15, 0.2) is 23.0 Å². The molecule has 0 spiro atoms. The van der Waals surface area contributed by atoms with Gasteiger partial charge in [0.1, 0.15) is 5.82 Å². The van der Waals surface area contributed by atoms with Crippen molar-refractivity contribution >= 4 is 22.6 Å². The molecule has 1 aliphatic rings. The van der Waals surface area contributed by atoms with Crippen molar-refractivity contribution in [2.75, 3.05) is 13.1 Å². The van der Waals surface area contributed by atoms with Crippen molar-refractivity contribution in [3.63, 3.8) is 0 Å². The van der Waals surface area contributed by atoms with Crippen LogP contribution in [0.5, 0.6) is 0 Å². The fourth-order valence-electron chi connectivity index (χ4n) is 3.50. The number of hydrogen-bond donors (Lipinski definition) is 2. The number of H-pyrrole nitrogens is 1. The highest BCUT2D eigenvalue weighted by atomic mass is 16.3. The monoisotopic (exact) mass is 355 g/mol. The van der Waals surface area contributed by atoms with Crippen molar-refractivity contribution in [2.24, 2.45) is 0 Å². The standard InChI is InChI=1S/C18H21N5O3/c1-2-3-15-20-21-16-17(25)19-13-10-11(4-5-14(13)23(15)16)18(26)22-8-6-12(24)7-9-22/h4-5,10,12,24H,2-3,6-9H2,1H3,(H,19,25). The molecule has 8 heteroatoms. The number of nitrogens with one attached hydrogen (secondary N) is 1. The van der Waals surface area contributed by atoms with Gasteiger partial charge in [0, 0.05) is 25.1 Å². The summed E-state index contributed by atoms with van der Waals surface area (Å²) in [5.74, 6) is 0.653. The number of rotatable bonds is 3. The zero-order valence-electron chi connectivity index (χ0n) is 14.6. The normalized spacial score (nSPS) is 15.8. The quantitative estimate of drug-likeness (QED) is 0.733. The molecule has 0 atom stereocenters. The van der Waals surface area contributed by atoms with Gasteiger partial charge < -0.3 is 15.0 Å². The van der Waals surface area contributed by atoms with E-state index in [4.69, 9.17) is 0 Å². The third kappa shape index (κ3) is 2.76. The Labute approximate surface area is 149 Å². The third-order valence-electron chi connectivity index (χ3n) is 4.89. The number of aryl methyl sites for hydroxylation is 1. The molecule has 26 heavy (non-hydrogen) atoms. The van der Waals surface area contributed by atoms with E-state index < -0.39 is 0 Å². The number of hydrogen-bond acceptors (Lipinski definition) is 5. The first-order valence-corrected chi connectivity index (χ1v) is 8.96. The molecule has 1 aliphatic heterocycles. The first-order valence-electron chi connectivity index (χ1n) is 8.96. The van der Waals surface area contributed by atoms with Crippen molar-refractivity contribution in [3.05, 3.63) is 39.9 Å². The van der Waals surface area contributed by atoms with Gasteiger partial charge in [-0.1, -0.05) is 6.92 Å². The molecule has 0 unspecified atom stereocenters. The van der Waals surface area contributed by atoms with Gasteiger partial charge in [-0.3, -0.25) is 14.0 Å². The Morgan fingerprint density at radius 3 is 2.81 bits per heavy atom. The summed E-state index contributed by atoms with van der Waals surface area (Å²) >= 11 is 0. The molecule has 1 amide bonds. The molecule has 1 aromatic carbocycles. The minimum atomic E-state index is -0.328. The summed E-state index contributed by atoms with van der Waals surface area (Å²) in [5, 5.41) is 17.7. The van der Waals surface area contributed by atoms with Gasteiger partial charge in [0.15, 0.2) is 0 Å². The Hall–Kier alpha value is -2.74. The van der Waals surface area contributed by atoms with Crippen LogP contribution in [0.25, 0.3) is 16.7 Å². The fraction of sp³-hybridized carbons (Fsp3) is 0.444. The molecule has 8 nitrogen and oxygen atoms in total. The van der Waals surface area contributed by atoms with E-state index >= 15 is 0 Å². The van der Waals surface area contributed by atoms with E-state index in [0.717, 1.165) is 24.2 Å². The van der Waals surface area contributed by atoms with Crippen LogP contribution in [0.4, 0.5) is 0 Å². The maximum absolute atomic E-state index is 12.7. The molecule has 3 heterocycles. The lowest BCUT2D eigenvalue weighted by Crippen LogP contribution is -2.40. The maximum atomic E-state index is 12.7. The highest BCUT2D eigenvalue weighted by Gasteiger charge is 2.23. The lowest BCUT2D eigenvalue weighted by atomic mass is 10.1. The van der Waals surface area contributed by atoms with Gasteiger partial charge in [-0.15, -0.1) is 10.2 Å². The molecule has 0 saturated carbocycles. The number of carbonyl (C=O) groups is 1. The van der Waals surface area contributed by atoms with Crippen LogP contribution in [0.2, 0.25) is 0 Å². The summed E-state index contributed by atoms with van der Waals surface area (Å²) in [6.07, 6.45) is 2.48. The lowest BCUT2D eigenvalue weighted by molar-refractivity contribution is 0.0546. The second-order valence-electron chi connectivity index (χ2n) is 6.73. The molecule has 1 saturated heterocycles. The first kappa shape index (κ1) is 16.7. The largest absolute Gasteiger partial charge is 0.393 e. The van der Waals surface area contributed by atoms with Gasteiger partial charge in [-0.2, -0.15) is 0 Å². The Balaban J connectivity index is 1.78. The highest BCUT2D eigenvalue weighted by Crippen LogP contribution is 2.19. The van der Waals surface area contributed by atoms with Crippen LogP contribution in [0.3, 0.4) is 0 Å². The van der Waals surface area contributed by atoms with E-state index in [1.807, 2.05) is 13.0 Å². The van der Waals surface area contributed by atoms with Crippen molar-refractivity contribution in [1.82, 2.24) is 24.5 Å². The van der Waals surface area contributed by atoms with Gasteiger partial charge in [0.05, 0.1) is 17.1 Å². The van der Waals surface area contributed by atoms with E-state index in [1.54, 1.807) is 21.4 Å². The molecule has 2 N–H and O–H groups in total. The summed E-state index contributed by atoms with van der Waals surface area (Å²) in [6.45, 7) is 3.13. The van der Waals surface area contributed by atoms with Gasteiger partial charge in [-0.05, 0) is 37.5 Å². The van der Waals surface area contributed by atoms with Crippen molar-refractivity contribution in [1.29, 1.82) is 0 Å². The summed E-state index contributed by atoms with van der Waals surface area (Å²) < 4.78 is 1.77. The maximum Gasteiger partial charge on any atom is 0.294 e. The smallest absolute Gasteiger partial charge is 0.294 e. The van der Waals surface area contributed by atoms with E-state index in [0.29, 0.717) is 37.0 Å². The first-order chi connectivity index (χ1) is 12.6. The molecule has 0 bridgehead atoms. The molecule has 3 aromatic rings. The molecule has 4 rings (SSSR count). The topological polar surface area (TPSA) is 104 Å². The van der Waals surface area contributed by atoms with Crippen LogP contribution < -0.4 is 5.56 Å². The minimum absolute atomic E-state index is 0.0858. The number of likely N-dealkylation sites (tertiary alicyclic amines) is 1. The summed E-state index contributed by atoms with van der Waals surface area (Å²) in [4.78, 5) is 29.6. The number of piperidine rings is 1.